The molecule has 16 heavy (non-hydrogen) atoms. The molecule has 0 spiro atoms. The van der Waals surface area contributed by atoms with Crippen LogP contribution in [0.15, 0.2) is 0 Å². The van der Waals surface area contributed by atoms with Crippen molar-refractivity contribution in [1.29, 1.82) is 0 Å². The number of hydrogen-bond donors (Lipinski definition) is 2. The lowest BCUT2D eigenvalue weighted by molar-refractivity contribution is -0.139. The number of aliphatic carboxylic acids is 1. The van der Waals surface area contributed by atoms with Crippen molar-refractivity contribution in [3.05, 3.63) is 0 Å². The first-order valence-corrected chi connectivity index (χ1v) is 5.40. The van der Waals surface area contributed by atoms with Gasteiger partial charge in [0, 0.05) is 0 Å². The number of alkyl halides is 3. The monoisotopic (exact) mass is 291 g/mol. The summed E-state index contributed by atoms with van der Waals surface area (Å²) in [7, 11) is 0. The first kappa shape index (κ1) is 15.6. The van der Waals surface area contributed by atoms with Crippen molar-refractivity contribution in [2.45, 2.75) is 36.2 Å². The van der Waals surface area contributed by atoms with Gasteiger partial charge in [0.2, 0.25) is 3.79 Å². The number of carboxylic acids is 1. The predicted molar refractivity (Wildman–Crippen MR) is 61.1 cm³/mol. The maximum atomic E-state index is 11.2. The van der Waals surface area contributed by atoms with Gasteiger partial charge in [-0.1, -0.05) is 34.8 Å². The normalized spacial score (nSPS) is 14.1. The lowest BCUT2D eigenvalue weighted by Gasteiger charge is -2.31. The van der Waals surface area contributed by atoms with Gasteiger partial charge in [-0.2, -0.15) is 0 Å². The van der Waals surface area contributed by atoms with Gasteiger partial charge < -0.3 is 15.2 Å². The Morgan fingerprint density at radius 1 is 1.31 bits per heavy atom. The van der Waals surface area contributed by atoms with E-state index in [1.807, 2.05) is 0 Å². The molecule has 8 heteroatoms. The van der Waals surface area contributed by atoms with Gasteiger partial charge in [0.05, 0.1) is 0 Å². The number of rotatable bonds is 3. The first-order valence-electron chi connectivity index (χ1n) is 4.26. The molecule has 0 fully saturated rings. The molecule has 0 heterocycles. The van der Waals surface area contributed by atoms with E-state index in [9.17, 15) is 9.59 Å². The van der Waals surface area contributed by atoms with Crippen LogP contribution in [0.4, 0.5) is 4.79 Å². The van der Waals surface area contributed by atoms with Crippen LogP contribution in [0.2, 0.25) is 0 Å². The Morgan fingerprint density at radius 3 is 2.06 bits per heavy atom. The Labute approximate surface area is 108 Å². The third kappa shape index (κ3) is 4.63. The number of carbonyl (C=O) groups is 2. The average Bonchev–Trinajstić information content (AvgIpc) is 1.99. The molecule has 0 radical (unpaired) electrons. The van der Waals surface area contributed by atoms with Gasteiger partial charge in [0.25, 0.3) is 0 Å². The Balaban J connectivity index is 4.42. The molecule has 0 aromatic carbocycles. The summed E-state index contributed by atoms with van der Waals surface area (Å²) in [6, 6.07) is -1.08. The average molecular weight is 293 g/mol. The van der Waals surface area contributed by atoms with Crippen molar-refractivity contribution in [1.82, 2.24) is 5.32 Å². The van der Waals surface area contributed by atoms with E-state index in [4.69, 9.17) is 44.6 Å². The van der Waals surface area contributed by atoms with Crippen LogP contribution in [0.25, 0.3) is 0 Å². The highest BCUT2D eigenvalue weighted by atomic mass is 35.6. The number of halogens is 3. The Bertz CT molecular complexity index is 287. The molecular weight excluding hydrogens is 280 g/mol. The summed E-state index contributed by atoms with van der Waals surface area (Å²) in [4.78, 5) is 21.7. The number of amides is 1. The third-order valence-electron chi connectivity index (χ3n) is 1.74. The molecule has 0 aliphatic carbocycles. The molecule has 1 atom stereocenters. The highest BCUT2D eigenvalue weighted by Crippen LogP contribution is 2.40. The highest BCUT2D eigenvalue weighted by Gasteiger charge is 2.44. The molecule has 0 aliphatic heterocycles. The lowest BCUT2D eigenvalue weighted by Crippen LogP contribution is -2.47. The zero-order valence-corrected chi connectivity index (χ0v) is 11.2. The predicted octanol–water partition coefficient (Wildman–Crippen LogP) is 2.33. The molecule has 0 bridgehead atoms. The van der Waals surface area contributed by atoms with Gasteiger partial charge in [-0.3, -0.25) is 4.79 Å². The number of ether oxygens (including phenoxy) is 1. The summed E-state index contributed by atoms with van der Waals surface area (Å²) in [6.45, 7) is 4.07. The summed E-state index contributed by atoms with van der Waals surface area (Å²) in [5.41, 5.74) is -1.38. The fourth-order valence-corrected chi connectivity index (χ4v) is 0.673. The number of hydrogen-bond acceptors (Lipinski definition) is 3. The molecule has 2 N–H and O–H groups in total. The van der Waals surface area contributed by atoms with Crippen molar-refractivity contribution in [2.24, 2.45) is 0 Å². The maximum Gasteiger partial charge on any atom is 0.408 e. The van der Waals surface area contributed by atoms with Gasteiger partial charge >= 0.3 is 12.1 Å². The van der Waals surface area contributed by atoms with E-state index in [1.54, 1.807) is 0 Å². The molecule has 94 valence electrons. The van der Waals surface area contributed by atoms with Gasteiger partial charge in [0.15, 0.2) is 5.60 Å². The maximum absolute atomic E-state index is 11.2. The Hall–Kier alpha value is -0.390. The standard InChI is InChI=1S/C8H12Cl3NO4/c1-4(5(13)14)12-6(15)16-7(2,3)8(9,10)11/h4H,1-3H3,(H,12,15)(H,13,14)/t4-/m0/s1. The summed E-state index contributed by atoms with van der Waals surface area (Å²) >= 11 is 16.7. The van der Waals surface area contributed by atoms with E-state index in [-0.39, 0.29) is 0 Å². The molecule has 5 nitrogen and oxygen atoms in total. The SMILES string of the molecule is C[C@H](NC(=O)OC(C)(C)C(Cl)(Cl)Cl)C(=O)O. The van der Waals surface area contributed by atoms with Crippen LogP contribution in [0.5, 0.6) is 0 Å². The number of carboxylic acid groups (broad SMARTS) is 1. The minimum absolute atomic E-state index is 0.966. The molecule has 0 aromatic rings. The van der Waals surface area contributed by atoms with Gasteiger partial charge in [-0.05, 0) is 20.8 Å². The van der Waals surface area contributed by atoms with Gasteiger partial charge in [-0.25, -0.2) is 4.79 Å². The molecule has 0 saturated heterocycles. The first-order chi connectivity index (χ1) is 6.97. The molecule has 0 aliphatic rings. The fourth-order valence-electron chi connectivity index (χ4n) is 0.558. The largest absolute Gasteiger partial charge is 0.480 e. The van der Waals surface area contributed by atoms with E-state index in [0.29, 0.717) is 0 Å². The van der Waals surface area contributed by atoms with E-state index in [1.165, 1.54) is 20.8 Å². The second-order valence-electron chi connectivity index (χ2n) is 3.60. The van der Waals surface area contributed by atoms with Crippen LogP contribution in [0, 0.1) is 0 Å². The molecule has 0 rings (SSSR count). The van der Waals surface area contributed by atoms with E-state index in [2.05, 4.69) is 5.32 Å². The van der Waals surface area contributed by atoms with Crippen molar-refractivity contribution < 1.29 is 19.4 Å². The van der Waals surface area contributed by atoms with E-state index in [0.717, 1.165) is 0 Å². The van der Waals surface area contributed by atoms with Crippen LogP contribution >= 0.6 is 34.8 Å². The van der Waals surface area contributed by atoms with Gasteiger partial charge in [0.1, 0.15) is 6.04 Å². The highest BCUT2D eigenvalue weighted by molar-refractivity contribution is 6.68. The van der Waals surface area contributed by atoms with Crippen molar-refractivity contribution in [3.63, 3.8) is 0 Å². The van der Waals surface area contributed by atoms with E-state index >= 15 is 0 Å². The third-order valence-corrected chi connectivity index (χ3v) is 3.10. The Morgan fingerprint density at radius 2 is 1.75 bits per heavy atom. The zero-order valence-electron chi connectivity index (χ0n) is 8.88. The van der Waals surface area contributed by atoms with Crippen molar-refractivity contribution in [3.8, 4) is 0 Å². The summed E-state index contributed by atoms with van der Waals surface area (Å²) < 4.78 is 3.01. The Kier molecular flexibility index (Phi) is 5.16. The van der Waals surface area contributed by atoms with Crippen LogP contribution in [-0.2, 0) is 9.53 Å². The second kappa shape index (κ2) is 5.29. The van der Waals surface area contributed by atoms with E-state index < -0.39 is 27.5 Å². The number of nitrogens with one attached hydrogen (secondary N) is 1. The molecule has 0 saturated carbocycles. The van der Waals surface area contributed by atoms with Crippen LogP contribution in [0.3, 0.4) is 0 Å². The minimum atomic E-state index is -1.81. The molecule has 0 unspecified atom stereocenters. The quantitative estimate of drug-likeness (QED) is 0.783. The lowest BCUT2D eigenvalue weighted by atomic mass is 10.2. The van der Waals surface area contributed by atoms with Crippen LogP contribution < -0.4 is 5.32 Å². The van der Waals surface area contributed by atoms with Crippen molar-refractivity contribution >= 4 is 46.9 Å². The van der Waals surface area contributed by atoms with Crippen LogP contribution in [0.1, 0.15) is 20.8 Å². The summed E-state index contributed by atoms with van der Waals surface area (Å²) in [5, 5.41) is 10.6. The van der Waals surface area contributed by atoms with Crippen LogP contribution in [-0.4, -0.2) is 32.6 Å². The summed E-state index contributed by atoms with van der Waals surface area (Å²) in [6.07, 6.45) is -0.966. The minimum Gasteiger partial charge on any atom is -0.480 e. The van der Waals surface area contributed by atoms with Crippen molar-refractivity contribution in [2.75, 3.05) is 0 Å². The fraction of sp³-hybridized carbons (Fsp3) is 0.750. The molecular formula is C8H12Cl3NO4. The van der Waals surface area contributed by atoms with Gasteiger partial charge in [-0.15, -0.1) is 0 Å². The smallest absolute Gasteiger partial charge is 0.408 e. The summed E-state index contributed by atoms with van der Waals surface area (Å²) in [5.74, 6) is -1.19. The molecule has 1 amide bonds. The number of alkyl carbamates (subject to hydrolysis) is 1. The topological polar surface area (TPSA) is 75.6 Å². The number of carbonyl (C=O) groups excluding carboxylic acids is 1. The molecule has 0 aromatic heterocycles. The zero-order chi connectivity index (χ0) is 13.1. The second-order valence-corrected chi connectivity index (χ2v) is 5.88.